The van der Waals surface area contributed by atoms with Crippen molar-refractivity contribution in [2.24, 2.45) is 28.7 Å². The summed E-state index contributed by atoms with van der Waals surface area (Å²) in [4.78, 5) is 31.7. The first-order chi connectivity index (χ1) is 14.1. The number of benzene rings is 1. The normalized spacial score (nSPS) is 27.7. The SMILES string of the molecule is CCNC(=NCc1ccccc1CC)NCCN1C(=O)C2C3C=CC(C3)C2C1=O. The molecule has 4 rings (SSSR count). The molecule has 2 amide bonds. The Balaban J connectivity index is 1.34. The molecular formula is C23H30N4O2. The van der Waals surface area contributed by atoms with Gasteiger partial charge in [0, 0.05) is 19.6 Å². The van der Waals surface area contributed by atoms with Crippen LogP contribution in [0.15, 0.2) is 41.4 Å². The lowest BCUT2D eigenvalue weighted by Crippen LogP contribution is -2.43. The van der Waals surface area contributed by atoms with Gasteiger partial charge in [0.15, 0.2) is 5.96 Å². The summed E-state index contributed by atoms with van der Waals surface area (Å²) in [7, 11) is 0. The summed E-state index contributed by atoms with van der Waals surface area (Å²) in [5.74, 6) is 1.01. The highest BCUT2D eigenvalue weighted by molar-refractivity contribution is 6.06. The third kappa shape index (κ3) is 3.68. The molecule has 2 aliphatic carbocycles. The molecule has 29 heavy (non-hydrogen) atoms. The Bertz CT molecular complexity index is 817. The van der Waals surface area contributed by atoms with E-state index in [2.05, 4.69) is 52.9 Å². The molecule has 4 atom stereocenters. The molecule has 6 nitrogen and oxygen atoms in total. The molecular weight excluding hydrogens is 364 g/mol. The fraction of sp³-hybridized carbons (Fsp3) is 0.522. The lowest BCUT2D eigenvalue weighted by Gasteiger charge is -2.18. The summed E-state index contributed by atoms with van der Waals surface area (Å²) in [6, 6.07) is 8.33. The van der Waals surface area contributed by atoms with Gasteiger partial charge in [-0.05, 0) is 42.7 Å². The number of fused-ring (bicyclic) bond motifs is 5. The highest BCUT2D eigenvalue weighted by atomic mass is 16.2. The van der Waals surface area contributed by atoms with E-state index in [1.54, 1.807) is 0 Å². The van der Waals surface area contributed by atoms with Crippen LogP contribution in [-0.4, -0.2) is 42.3 Å². The van der Waals surface area contributed by atoms with Crippen LogP contribution in [0, 0.1) is 23.7 Å². The quantitative estimate of drug-likeness (QED) is 0.322. The number of nitrogens with zero attached hydrogens (tertiary/aromatic N) is 2. The van der Waals surface area contributed by atoms with Crippen LogP contribution in [0.1, 0.15) is 31.4 Å². The van der Waals surface area contributed by atoms with Crippen LogP contribution in [0.3, 0.4) is 0 Å². The maximum Gasteiger partial charge on any atom is 0.233 e. The molecule has 154 valence electrons. The molecule has 2 bridgehead atoms. The van der Waals surface area contributed by atoms with Gasteiger partial charge in [-0.2, -0.15) is 0 Å². The molecule has 2 fully saturated rings. The number of guanidine groups is 1. The van der Waals surface area contributed by atoms with E-state index in [1.165, 1.54) is 16.0 Å². The Labute approximate surface area is 172 Å². The number of nitrogens with one attached hydrogen (secondary N) is 2. The summed E-state index contributed by atoms with van der Waals surface area (Å²) >= 11 is 0. The van der Waals surface area contributed by atoms with E-state index in [0.29, 0.717) is 25.6 Å². The lowest BCUT2D eigenvalue weighted by molar-refractivity contribution is -0.140. The predicted octanol–water partition coefficient (Wildman–Crippen LogP) is 2.11. The minimum Gasteiger partial charge on any atom is -0.357 e. The van der Waals surface area contributed by atoms with Crippen LogP contribution in [0.5, 0.6) is 0 Å². The molecule has 0 aromatic heterocycles. The molecule has 0 spiro atoms. The number of imide groups is 1. The van der Waals surface area contributed by atoms with Gasteiger partial charge in [0.25, 0.3) is 0 Å². The number of hydrogen-bond donors (Lipinski definition) is 2. The largest absolute Gasteiger partial charge is 0.357 e. The lowest BCUT2D eigenvalue weighted by atomic mass is 9.85. The number of carbonyl (C=O) groups is 2. The van der Waals surface area contributed by atoms with Gasteiger partial charge >= 0.3 is 0 Å². The molecule has 4 unspecified atom stereocenters. The summed E-state index contributed by atoms with van der Waals surface area (Å²) in [5, 5.41) is 6.52. The van der Waals surface area contributed by atoms with Crippen molar-refractivity contribution in [2.45, 2.75) is 33.2 Å². The smallest absolute Gasteiger partial charge is 0.233 e. The molecule has 1 aromatic carbocycles. The number of amides is 2. The van der Waals surface area contributed by atoms with Gasteiger partial charge in [-0.15, -0.1) is 0 Å². The number of aryl methyl sites for hydroxylation is 1. The molecule has 1 heterocycles. The van der Waals surface area contributed by atoms with Crippen LogP contribution >= 0.6 is 0 Å². The monoisotopic (exact) mass is 394 g/mol. The fourth-order valence-electron chi connectivity index (χ4n) is 5.03. The minimum absolute atomic E-state index is 0.0115. The minimum atomic E-state index is -0.120. The number of likely N-dealkylation sites (tertiary alicyclic amines) is 1. The van der Waals surface area contributed by atoms with Gasteiger partial charge in [-0.1, -0.05) is 43.3 Å². The summed E-state index contributed by atoms with van der Waals surface area (Å²) < 4.78 is 0. The highest BCUT2D eigenvalue weighted by Gasteiger charge is 2.58. The van der Waals surface area contributed by atoms with Gasteiger partial charge in [0.1, 0.15) is 0 Å². The van der Waals surface area contributed by atoms with Crippen LogP contribution in [-0.2, 0) is 22.6 Å². The maximum absolute atomic E-state index is 12.8. The number of rotatable bonds is 7. The van der Waals surface area contributed by atoms with E-state index < -0.39 is 0 Å². The van der Waals surface area contributed by atoms with Crippen molar-refractivity contribution in [1.29, 1.82) is 0 Å². The van der Waals surface area contributed by atoms with E-state index >= 15 is 0 Å². The molecule has 0 radical (unpaired) electrons. The maximum atomic E-state index is 12.8. The second-order valence-electron chi connectivity index (χ2n) is 8.07. The van der Waals surface area contributed by atoms with E-state index in [4.69, 9.17) is 0 Å². The summed E-state index contributed by atoms with van der Waals surface area (Å²) in [5.41, 5.74) is 2.52. The zero-order valence-electron chi connectivity index (χ0n) is 17.2. The van der Waals surface area contributed by atoms with Crippen LogP contribution in [0.2, 0.25) is 0 Å². The van der Waals surface area contributed by atoms with Gasteiger partial charge in [-0.3, -0.25) is 14.5 Å². The van der Waals surface area contributed by atoms with E-state index in [0.717, 1.165) is 19.4 Å². The first kappa shape index (κ1) is 19.7. The molecule has 1 aromatic rings. The van der Waals surface area contributed by atoms with Crippen LogP contribution in [0.25, 0.3) is 0 Å². The molecule has 2 N–H and O–H groups in total. The molecule has 3 aliphatic rings. The second kappa shape index (κ2) is 8.39. The number of carbonyl (C=O) groups excluding carboxylic acids is 2. The van der Waals surface area contributed by atoms with Crippen molar-refractivity contribution in [3.8, 4) is 0 Å². The van der Waals surface area contributed by atoms with Crippen LogP contribution < -0.4 is 10.6 Å². The molecule has 6 heteroatoms. The van der Waals surface area contributed by atoms with Gasteiger partial charge in [0.05, 0.1) is 18.4 Å². The Morgan fingerprint density at radius 2 is 1.69 bits per heavy atom. The van der Waals surface area contributed by atoms with Gasteiger partial charge in [0.2, 0.25) is 11.8 Å². The Morgan fingerprint density at radius 3 is 2.31 bits per heavy atom. The average molecular weight is 395 g/mol. The van der Waals surface area contributed by atoms with Crippen molar-refractivity contribution in [1.82, 2.24) is 15.5 Å². The second-order valence-corrected chi connectivity index (χ2v) is 8.07. The van der Waals surface area contributed by atoms with E-state index in [1.807, 2.05) is 13.0 Å². The third-order valence-electron chi connectivity index (χ3n) is 6.44. The van der Waals surface area contributed by atoms with Gasteiger partial charge in [-0.25, -0.2) is 4.99 Å². The number of hydrogen-bond acceptors (Lipinski definition) is 3. The average Bonchev–Trinajstić information content (AvgIpc) is 3.41. The first-order valence-corrected chi connectivity index (χ1v) is 10.8. The zero-order valence-corrected chi connectivity index (χ0v) is 17.2. The van der Waals surface area contributed by atoms with Crippen molar-refractivity contribution < 1.29 is 9.59 Å². The predicted molar refractivity (Wildman–Crippen MR) is 113 cm³/mol. The number of allylic oxidation sites excluding steroid dienone is 2. The highest BCUT2D eigenvalue weighted by Crippen LogP contribution is 2.52. The Morgan fingerprint density at radius 1 is 1.03 bits per heavy atom. The third-order valence-corrected chi connectivity index (χ3v) is 6.44. The van der Waals surface area contributed by atoms with Crippen molar-refractivity contribution in [3.05, 3.63) is 47.5 Å². The Kier molecular flexibility index (Phi) is 5.69. The van der Waals surface area contributed by atoms with Crippen molar-refractivity contribution >= 4 is 17.8 Å². The molecule has 1 aliphatic heterocycles. The van der Waals surface area contributed by atoms with Crippen LogP contribution in [0.4, 0.5) is 0 Å². The number of aliphatic imine (C=N–C) groups is 1. The van der Waals surface area contributed by atoms with Crippen molar-refractivity contribution in [2.75, 3.05) is 19.6 Å². The van der Waals surface area contributed by atoms with E-state index in [9.17, 15) is 9.59 Å². The van der Waals surface area contributed by atoms with E-state index in [-0.39, 0.29) is 35.5 Å². The summed E-state index contributed by atoms with van der Waals surface area (Å²) in [6.45, 7) is 6.41. The topological polar surface area (TPSA) is 73.8 Å². The zero-order chi connectivity index (χ0) is 20.4. The van der Waals surface area contributed by atoms with Gasteiger partial charge < -0.3 is 10.6 Å². The standard InChI is InChI=1S/C23H30N4O2/c1-3-15-7-5-6-8-18(15)14-26-23(24-4-2)25-11-12-27-21(28)19-16-9-10-17(13-16)20(19)22(27)29/h5-10,16-17,19-20H,3-4,11-14H2,1-2H3,(H2,24,25,26). The fourth-order valence-corrected chi connectivity index (χ4v) is 5.03. The summed E-state index contributed by atoms with van der Waals surface area (Å²) in [6.07, 6.45) is 6.20. The Hall–Kier alpha value is -2.63. The molecule has 1 saturated heterocycles. The van der Waals surface area contributed by atoms with Crippen molar-refractivity contribution in [3.63, 3.8) is 0 Å². The molecule has 1 saturated carbocycles. The first-order valence-electron chi connectivity index (χ1n) is 10.8.